The zero-order chi connectivity index (χ0) is 15.3. The molecule has 0 aliphatic heterocycles. The van der Waals surface area contributed by atoms with Gasteiger partial charge in [0, 0.05) is 27.2 Å². The molecule has 0 fully saturated rings. The number of nitrogens with one attached hydrogen (secondary N) is 2. The summed E-state index contributed by atoms with van der Waals surface area (Å²) in [5, 5.41) is 10.9. The Labute approximate surface area is 113 Å². The van der Waals surface area contributed by atoms with Gasteiger partial charge in [-0.2, -0.15) is 12.7 Å². The maximum atomic E-state index is 11.8. The molecule has 0 aromatic heterocycles. The van der Waals surface area contributed by atoms with Gasteiger partial charge in [0.2, 0.25) is 5.91 Å². The largest absolute Gasteiger partial charge is 0.481 e. The lowest BCUT2D eigenvalue weighted by molar-refractivity contribution is -0.137. The summed E-state index contributed by atoms with van der Waals surface area (Å²) in [5.41, 5.74) is -0.893. The molecule has 3 N–H and O–H groups in total. The number of rotatable bonds is 8. The van der Waals surface area contributed by atoms with E-state index in [4.69, 9.17) is 5.11 Å². The fraction of sp³-hybridized carbons (Fsp3) is 0.800. The monoisotopic (exact) mass is 295 g/mol. The summed E-state index contributed by atoms with van der Waals surface area (Å²) in [4.78, 5) is 21.9. The van der Waals surface area contributed by atoms with E-state index in [0.717, 1.165) is 4.31 Å². The van der Waals surface area contributed by atoms with E-state index in [0.29, 0.717) is 0 Å². The van der Waals surface area contributed by atoms with Gasteiger partial charge in [0.25, 0.3) is 10.2 Å². The number of hydrogen-bond donors (Lipinski definition) is 3. The molecule has 0 saturated carbocycles. The Morgan fingerprint density at radius 3 is 2.26 bits per heavy atom. The Morgan fingerprint density at radius 2 is 1.84 bits per heavy atom. The van der Waals surface area contributed by atoms with Crippen LogP contribution in [0.3, 0.4) is 0 Å². The number of carbonyl (C=O) groups is 2. The van der Waals surface area contributed by atoms with Crippen LogP contribution in [0.15, 0.2) is 0 Å². The second-order valence-corrected chi connectivity index (χ2v) is 6.62. The number of amides is 1. The number of carbonyl (C=O) groups excluding carboxylic acids is 1. The Bertz CT molecular complexity index is 432. The minimum absolute atomic E-state index is 0.0770. The van der Waals surface area contributed by atoms with Crippen LogP contribution in [0.4, 0.5) is 0 Å². The average Bonchev–Trinajstić information content (AvgIpc) is 2.32. The van der Waals surface area contributed by atoms with Crippen molar-refractivity contribution in [2.45, 2.75) is 20.3 Å². The summed E-state index contributed by atoms with van der Waals surface area (Å²) in [6.45, 7) is 2.99. The Kier molecular flexibility index (Phi) is 6.40. The van der Waals surface area contributed by atoms with Gasteiger partial charge in [-0.1, -0.05) is 0 Å². The predicted octanol–water partition coefficient (Wildman–Crippen LogP) is -1.00. The van der Waals surface area contributed by atoms with Crippen LogP contribution in [0.1, 0.15) is 20.3 Å². The quantitative estimate of drug-likeness (QED) is 0.531. The zero-order valence-electron chi connectivity index (χ0n) is 11.6. The molecule has 0 aromatic carbocycles. The zero-order valence-corrected chi connectivity index (χ0v) is 12.4. The number of carboxylic acids is 1. The van der Waals surface area contributed by atoms with E-state index in [9.17, 15) is 18.0 Å². The molecule has 0 atom stereocenters. The van der Waals surface area contributed by atoms with Crippen molar-refractivity contribution in [3.63, 3.8) is 0 Å². The number of hydrogen-bond acceptors (Lipinski definition) is 4. The fourth-order valence-corrected chi connectivity index (χ4v) is 2.27. The van der Waals surface area contributed by atoms with Crippen molar-refractivity contribution >= 4 is 22.1 Å². The lowest BCUT2D eigenvalue weighted by atomic mass is 9.93. The Morgan fingerprint density at radius 1 is 1.32 bits per heavy atom. The van der Waals surface area contributed by atoms with E-state index in [1.54, 1.807) is 13.8 Å². The van der Waals surface area contributed by atoms with E-state index in [-0.39, 0.29) is 25.4 Å². The van der Waals surface area contributed by atoms with Crippen molar-refractivity contribution in [1.82, 2.24) is 14.3 Å². The lowest BCUT2D eigenvalue weighted by Crippen LogP contribution is -2.47. The molecule has 0 aliphatic carbocycles. The molecular formula is C10H21N3O5S. The first-order valence-electron chi connectivity index (χ1n) is 5.68. The van der Waals surface area contributed by atoms with E-state index in [1.807, 2.05) is 0 Å². The molecule has 0 heterocycles. The van der Waals surface area contributed by atoms with Crippen LogP contribution in [0.5, 0.6) is 0 Å². The van der Waals surface area contributed by atoms with E-state index < -0.39 is 21.6 Å². The van der Waals surface area contributed by atoms with Crippen molar-refractivity contribution < 1.29 is 23.1 Å². The van der Waals surface area contributed by atoms with Gasteiger partial charge >= 0.3 is 5.97 Å². The van der Waals surface area contributed by atoms with Gasteiger partial charge in [-0.05, 0) is 13.8 Å². The van der Waals surface area contributed by atoms with Crippen LogP contribution in [0, 0.1) is 5.41 Å². The van der Waals surface area contributed by atoms with Gasteiger partial charge in [-0.15, -0.1) is 0 Å². The summed E-state index contributed by atoms with van der Waals surface area (Å²) in [6, 6.07) is 0. The topological polar surface area (TPSA) is 116 Å². The van der Waals surface area contributed by atoms with E-state index in [1.165, 1.54) is 14.1 Å². The molecule has 19 heavy (non-hydrogen) atoms. The van der Waals surface area contributed by atoms with Crippen LogP contribution in [-0.4, -0.2) is 56.9 Å². The van der Waals surface area contributed by atoms with Crippen LogP contribution >= 0.6 is 0 Å². The summed E-state index contributed by atoms with van der Waals surface area (Å²) in [6.07, 6.45) is -0.281. The van der Waals surface area contributed by atoms with Gasteiger partial charge in [0.05, 0.1) is 11.8 Å². The molecule has 0 bridgehead atoms. The third kappa shape index (κ3) is 5.99. The van der Waals surface area contributed by atoms with Crippen molar-refractivity contribution in [3.8, 4) is 0 Å². The molecular weight excluding hydrogens is 274 g/mol. The highest BCUT2D eigenvalue weighted by atomic mass is 32.2. The summed E-state index contributed by atoms with van der Waals surface area (Å²) in [7, 11) is -1.05. The second kappa shape index (κ2) is 6.83. The van der Waals surface area contributed by atoms with Gasteiger partial charge in [-0.25, -0.2) is 4.72 Å². The number of nitrogens with zero attached hydrogens (tertiary/aromatic N) is 1. The molecule has 112 valence electrons. The number of aliphatic carboxylic acids is 1. The van der Waals surface area contributed by atoms with Gasteiger partial charge in [-0.3, -0.25) is 9.59 Å². The third-order valence-electron chi connectivity index (χ3n) is 2.59. The normalized spacial score (nSPS) is 12.5. The lowest BCUT2D eigenvalue weighted by Gasteiger charge is -2.24. The maximum absolute atomic E-state index is 11.8. The third-order valence-corrected chi connectivity index (χ3v) is 4.10. The molecule has 0 radical (unpaired) electrons. The highest BCUT2D eigenvalue weighted by Crippen LogP contribution is 2.14. The van der Waals surface area contributed by atoms with Crippen LogP contribution in [0.25, 0.3) is 0 Å². The minimum atomic E-state index is -3.79. The standard InChI is InChI=1S/C10H21N3O5S/c1-10(2,9(16)11-3)7-12-19(17,18)13(4)6-5-8(14)15/h12H,5-7H2,1-4H3,(H,11,16)(H,14,15). The molecule has 8 nitrogen and oxygen atoms in total. The van der Waals surface area contributed by atoms with Crippen LogP contribution in [0.2, 0.25) is 0 Å². The number of carboxylic acid groups (broad SMARTS) is 1. The summed E-state index contributed by atoms with van der Waals surface area (Å²) < 4.78 is 26.8. The molecule has 1 amide bonds. The Balaban J connectivity index is 4.53. The van der Waals surface area contributed by atoms with Crippen LogP contribution < -0.4 is 10.0 Å². The molecule has 0 aromatic rings. The van der Waals surface area contributed by atoms with Crippen molar-refractivity contribution in [3.05, 3.63) is 0 Å². The van der Waals surface area contributed by atoms with Crippen LogP contribution in [-0.2, 0) is 19.8 Å². The maximum Gasteiger partial charge on any atom is 0.304 e. The smallest absolute Gasteiger partial charge is 0.304 e. The SMILES string of the molecule is CNC(=O)C(C)(C)CNS(=O)(=O)N(C)CCC(=O)O. The molecule has 0 unspecified atom stereocenters. The Hall–Kier alpha value is -1.19. The van der Waals surface area contributed by atoms with Crippen molar-refractivity contribution in [2.75, 3.05) is 27.2 Å². The summed E-state index contributed by atoms with van der Waals surface area (Å²) in [5.74, 6) is -1.36. The predicted molar refractivity (Wildman–Crippen MR) is 69.7 cm³/mol. The van der Waals surface area contributed by atoms with Crippen molar-refractivity contribution in [2.24, 2.45) is 5.41 Å². The minimum Gasteiger partial charge on any atom is -0.481 e. The molecule has 0 spiro atoms. The van der Waals surface area contributed by atoms with Crippen molar-refractivity contribution in [1.29, 1.82) is 0 Å². The van der Waals surface area contributed by atoms with Gasteiger partial charge < -0.3 is 10.4 Å². The summed E-state index contributed by atoms with van der Waals surface area (Å²) >= 11 is 0. The first-order chi connectivity index (χ1) is 8.53. The van der Waals surface area contributed by atoms with E-state index in [2.05, 4.69) is 10.0 Å². The fourth-order valence-electron chi connectivity index (χ4n) is 1.17. The van der Waals surface area contributed by atoms with Gasteiger partial charge in [0.1, 0.15) is 0 Å². The average molecular weight is 295 g/mol. The first kappa shape index (κ1) is 17.8. The first-order valence-corrected chi connectivity index (χ1v) is 7.12. The molecule has 9 heteroatoms. The van der Waals surface area contributed by atoms with E-state index >= 15 is 0 Å². The molecule has 0 saturated heterocycles. The highest BCUT2D eigenvalue weighted by Gasteiger charge is 2.29. The molecule has 0 rings (SSSR count). The molecule has 0 aliphatic rings. The second-order valence-electron chi connectivity index (χ2n) is 4.75. The van der Waals surface area contributed by atoms with Gasteiger partial charge in [0.15, 0.2) is 0 Å². The highest BCUT2D eigenvalue weighted by molar-refractivity contribution is 7.87.